The smallest absolute Gasteiger partial charge is 0.223 e. The quantitative estimate of drug-likeness (QED) is 0.904. The van der Waals surface area contributed by atoms with Gasteiger partial charge in [0.2, 0.25) is 5.91 Å². The molecule has 1 saturated carbocycles. The zero-order chi connectivity index (χ0) is 14.7. The molecule has 1 heterocycles. The van der Waals surface area contributed by atoms with Crippen LogP contribution >= 0.6 is 0 Å². The summed E-state index contributed by atoms with van der Waals surface area (Å²) in [5, 5.41) is 9.31. The normalized spacial score (nSPS) is 23.9. The SMILES string of the molecule is O=C(CC(c1ccccc1)C1CC1)N1CCCC(CO)C1. The van der Waals surface area contributed by atoms with Gasteiger partial charge in [-0.3, -0.25) is 4.79 Å². The Morgan fingerprint density at radius 2 is 2.00 bits per heavy atom. The number of carbonyl (C=O) groups is 1. The van der Waals surface area contributed by atoms with Crippen molar-refractivity contribution in [2.24, 2.45) is 11.8 Å². The van der Waals surface area contributed by atoms with E-state index >= 15 is 0 Å². The summed E-state index contributed by atoms with van der Waals surface area (Å²) >= 11 is 0. The van der Waals surface area contributed by atoms with Crippen LogP contribution < -0.4 is 0 Å². The van der Waals surface area contributed by atoms with Gasteiger partial charge in [0.25, 0.3) is 0 Å². The Kier molecular flexibility index (Phi) is 4.59. The van der Waals surface area contributed by atoms with Crippen LogP contribution in [0.4, 0.5) is 0 Å². The summed E-state index contributed by atoms with van der Waals surface area (Å²) < 4.78 is 0. The van der Waals surface area contributed by atoms with E-state index in [2.05, 4.69) is 24.3 Å². The second-order valence-corrected chi connectivity index (χ2v) is 6.59. The summed E-state index contributed by atoms with van der Waals surface area (Å²) in [6, 6.07) is 10.5. The molecule has 2 atom stereocenters. The summed E-state index contributed by atoms with van der Waals surface area (Å²) in [5.41, 5.74) is 1.31. The number of piperidine rings is 1. The first kappa shape index (κ1) is 14.6. The molecule has 3 rings (SSSR count). The van der Waals surface area contributed by atoms with Gasteiger partial charge >= 0.3 is 0 Å². The lowest BCUT2D eigenvalue weighted by atomic mass is 9.90. The molecule has 1 aliphatic heterocycles. The minimum Gasteiger partial charge on any atom is -0.396 e. The predicted octanol–water partition coefficient (Wildman–Crippen LogP) is 2.80. The third kappa shape index (κ3) is 3.65. The van der Waals surface area contributed by atoms with Crippen LogP contribution in [0.5, 0.6) is 0 Å². The van der Waals surface area contributed by atoms with Gasteiger partial charge in [-0.2, -0.15) is 0 Å². The van der Waals surface area contributed by atoms with E-state index in [1.54, 1.807) is 0 Å². The zero-order valence-electron chi connectivity index (χ0n) is 12.6. The number of benzene rings is 1. The van der Waals surface area contributed by atoms with E-state index in [1.165, 1.54) is 18.4 Å². The largest absolute Gasteiger partial charge is 0.396 e. The Bertz CT molecular complexity index is 469. The number of rotatable bonds is 5. The van der Waals surface area contributed by atoms with Gasteiger partial charge in [-0.25, -0.2) is 0 Å². The summed E-state index contributed by atoms with van der Waals surface area (Å²) in [7, 11) is 0. The molecule has 2 fully saturated rings. The molecule has 1 amide bonds. The lowest BCUT2D eigenvalue weighted by molar-refractivity contribution is -0.133. The highest BCUT2D eigenvalue weighted by Crippen LogP contribution is 2.44. The molecule has 3 heteroatoms. The maximum absolute atomic E-state index is 12.6. The Morgan fingerprint density at radius 3 is 2.67 bits per heavy atom. The molecule has 0 spiro atoms. The van der Waals surface area contributed by atoms with Gasteiger partial charge < -0.3 is 10.0 Å². The van der Waals surface area contributed by atoms with Crippen molar-refractivity contribution in [3.05, 3.63) is 35.9 Å². The van der Waals surface area contributed by atoms with Crippen molar-refractivity contribution in [2.75, 3.05) is 19.7 Å². The highest BCUT2D eigenvalue weighted by atomic mass is 16.3. The molecule has 1 N–H and O–H groups in total. The van der Waals surface area contributed by atoms with E-state index in [0.717, 1.165) is 25.9 Å². The van der Waals surface area contributed by atoms with Crippen molar-refractivity contribution >= 4 is 5.91 Å². The molecule has 1 saturated heterocycles. The van der Waals surface area contributed by atoms with Crippen molar-refractivity contribution in [1.29, 1.82) is 0 Å². The number of likely N-dealkylation sites (tertiary alicyclic amines) is 1. The molecule has 2 unspecified atom stereocenters. The monoisotopic (exact) mass is 287 g/mol. The average Bonchev–Trinajstić information content (AvgIpc) is 3.38. The number of aliphatic hydroxyl groups excluding tert-OH is 1. The van der Waals surface area contributed by atoms with Crippen LogP contribution in [0.15, 0.2) is 30.3 Å². The van der Waals surface area contributed by atoms with Gasteiger partial charge in [-0.1, -0.05) is 30.3 Å². The first-order chi connectivity index (χ1) is 10.3. The molecular formula is C18H25NO2. The summed E-state index contributed by atoms with van der Waals surface area (Å²) in [5.74, 6) is 1.62. The van der Waals surface area contributed by atoms with Gasteiger partial charge in [-0.15, -0.1) is 0 Å². The van der Waals surface area contributed by atoms with Gasteiger partial charge in [0.05, 0.1) is 0 Å². The molecule has 114 valence electrons. The van der Waals surface area contributed by atoms with Crippen LogP contribution in [0, 0.1) is 11.8 Å². The second-order valence-electron chi connectivity index (χ2n) is 6.59. The van der Waals surface area contributed by atoms with E-state index in [4.69, 9.17) is 0 Å². The number of aliphatic hydroxyl groups is 1. The Morgan fingerprint density at radius 1 is 1.24 bits per heavy atom. The third-order valence-electron chi connectivity index (χ3n) is 4.94. The minimum absolute atomic E-state index is 0.203. The Balaban J connectivity index is 1.64. The topological polar surface area (TPSA) is 40.5 Å². The number of hydrogen-bond acceptors (Lipinski definition) is 2. The molecule has 1 aromatic carbocycles. The Labute approximate surface area is 127 Å². The van der Waals surface area contributed by atoms with Crippen molar-refractivity contribution in [3.63, 3.8) is 0 Å². The number of carbonyl (C=O) groups excluding carboxylic acids is 1. The third-order valence-corrected chi connectivity index (χ3v) is 4.94. The molecule has 0 aromatic heterocycles. The molecule has 2 aliphatic rings. The van der Waals surface area contributed by atoms with E-state index in [0.29, 0.717) is 18.3 Å². The summed E-state index contributed by atoms with van der Waals surface area (Å²) in [6.45, 7) is 1.80. The highest BCUT2D eigenvalue weighted by molar-refractivity contribution is 5.77. The van der Waals surface area contributed by atoms with Crippen LogP contribution in [-0.2, 0) is 4.79 Å². The van der Waals surface area contributed by atoms with Crippen LogP contribution in [-0.4, -0.2) is 35.6 Å². The molecule has 0 bridgehead atoms. The van der Waals surface area contributed by atoms with E-state index in [9.17, 15) is 9.90 Å². The fourth-order valence-electron chi connectivity index (χ4n) is 3.51. The number of nitrogens with zero attached hydrogens (tertiary/aromatic N) is 1. The maximum atomic E-state index is 12.6. The highest BCUT2D eigenvalue weighted by Gasteiger charge is 2.35. The molecule has 1 aliphatic carbocycles. The Hall–Kier alpha value is -1.35. The van der Waals surface area contributed by atoms with Gasteiger partial charge in [-0.05, 0) is 49.0 Å². The van der Waals surface area contributed by atoms with Crippen LogP contribution in [0.25, 0.3) is 0 Å². The van der Waals surface area contributed by atoms with Crippen LogP contribution in [0.1, 0.15) is 43.6 Å². The molecule has 21 heavy (non-hydrogen) atoms. The molecule has 1 aromatic rings. The van der Waals surface area contributed by atoms with Crippen molar-refractivity contribution < 1.29 is 9.90 Å². The number of hydrogen-bond donors (Lipinski definition) is 1. The fraction of sp³-hybridized carbons (Fsp3) is 0.611. The van der Waals surface area contributed by atoms with Gasteiger partial charge in [0.15, 0.2) is 0 Å². The summed E-state index contributed by atoms with van der Waals surface area (Å²) in [6.07, 6.45) is 5.21. The first-order valence-corrected chi connectivity index (χ1v) is 8.21. The number of amides is 1. The maximum Gasteiger partial charge on any atom is 0.223 e. The predicted molar refractivity (Wildman–Crippen MR) is 82.9 cm³/mol. The standard InChI is InChI=1S/C18H25NO2/c20-13-14-5-4-10-19(12-14)18(21)11-17(16-8-9-16)15-6-2-1-3-7-15/h1-3,6-7,14,16-17,20H,4-5,8-13H2. The lowest BCUT2D eigenvalue weighted by Gasteiger charge is -2.33. The van der Waals surface area contributed by atoms with Crippen molar-refractivity contribution in [2.45, 2.75) is 38.0 Å². The van der Waals surface area contributed by atoms with E-state index in [-0.39, 0.29) is 18.4 Å². The molecule has 0 radical (unpaired) electrons. The lowest BCUT2D eigenvalue weighted by Crippen LogP contribution is -2.41. The minimum atomic E-state index is 0.203. The van der Waals surface area contributed by atoms with E-state index in [1.807, 2.05) is 11.0 Å². The van der Waals surface area contributed by atoms with Crippen molar-refractivity contribution in [1.82, 2.24) is 4.90 Å². The zero-order valence-corrected chi connectivity index (χ0v) is 12.6. The van der Waals surface area contributed by atoms with E-state index < -0.39 is 0 Å². The average molecular weight is 287 g/mol. The summed E-state index contributed by atoms with van der Waals surface area (Å²) in [4.78, 5) is 14.6. The molecule has 3 nitrogen and oxygen atoms in total. The van der Waals surface area contributed by atoms with Crippen LogP contribution in [0.3, 0.4) is 0 Å². The fourth-order valence-corrected chi connectivity index (χ4v) is 3.51. The van der Waals surface area contributed by atoms with Gasteiger partial charge in [0.1, 0.15) is 0 Å². The first-order valence-electron chi connectivity index (χ1n) is 8.21. The molecular weight excluding hydrogens is 262 g/mol. The van der Waals surface area contributed by atoms with Gasteiger partial charge in [0, 0.05) is 26.1 Å². The van der Waals surface area contributed by atoms with Crippen molar-refractivity contribution in [3.8, 4) is 0 Å². The second kappa shape index (κ2) is 6.61. The van der Waals surface area contributed by atoms with Crippen LogP contribution in [0.2, 0.25) is 0 Å².